The van der Waals surface area contributed by atoms with Gasteiger partial charge in [-0.3, -0.25) is 4.79 Å². The lowest BCUT2D eigenvalue weighted by atomic mass is 10.2. The SMILES string of the molecule is CC[Si]12O[Si]3(CC)O[Si]4(CC)O[Si](CC)(O1)O[Si]1(CC)O[Si](CC)(O2)O[Si](CC)(O3)O[Si](CCCOC(=O)C(C)(C)Br)(O4)O1. The zero-order chi connectivity index (χ0) is 32.3. The quantitative estimate of drug-likeness (QED) is 0.113. The van der Waals surface area contributed by atoms with E-state index in [1.165, 1.54) is 0 Å². The molecular weight excluding hydrogens is 781 g/mol. The zero-order valence-corrected chi connectivity index (χ0v) is 36.8. The van der Waals surface area contributed by atoms with E-state index in [-0.39, 0.29) is 18.6 Å². The first kappa shape index (κ1) is 36.5. The lowest BCUT2D eigenvalue weighted by Crippen LogP contribution is -2.88. The Balaban J connectivity index is 1.70. The summed E-state index contributed by atoms with van der Waals surface area (Å²) in [6.07, 6.45) is 0.385. The van der Waals surface area contributed by atoms with Crippen molar-refractivity contribution in [3.63, 3.8) is 0 Å². The molecule has 14 nitrogen and oxygen atoms in total. The van der Waals surface area contributed by atoms with E-state index in [0.29, 0.717) is 48.7 Å². The third kappa shape index (κ3) is 6.57. The predicted molar refractivity (Wildman–Crippen MR) is 176 cm³/mol. The largest absolute Gasteiger partial charge is 0.479 e. The van der Waals surface area contributed by atoms with E-state index in [1.54, 1.807) is 13.8 Å². The van der Waals surface area contributed by atoms with E-state index in [1.807, 2.05) is 48.5 Å². The molecule has 0 saturated carbocycles. The van der Waals surface area contributed by atoms with Crippen LogP contribution in [-0.2, 0) is 58.9 Å². The fourth-order valence-corrected chi connectivity index (χ4v) is 55.4. The normalized spacial score (nSPS) is 46.6. The molecule has 44 heavy (non-hydrogen) atoms. The Morgan fingerprint density at radius 3 is 0.932 bits per heavy atom. The summed E-state index contributed by atoms with van der Waals surface area (Å²) < 4.78 is 90.1. The molecule has 6 aliphatic rings. The van der Waals surface area contributed by atoms with Gasteiger partial charge >= 0.3 is 76.4 Å². The second-order valence-corrected chi connectivity index (χ2v) is 40.0. The summed E-state index contributed by atoms with van der Waals surface area (Å²) in [5.74, 6) is -0.372. The van der Waals surface area contributed by atoms with Gasteiger partial charge in [-0.25, -0.2) is 0 Å². The first-order valence-electron chi connectivity index (χ1n) is 15.8. The average Bonchev–Trinajstić information content (AvgIpc) is 2.93. The molecule has 0 spiro atoms. The number of hydrogen-bond acceptors (Lipinski definition) is 14. The van der Waals surface area contributed by atoms with Crippen molar-refractivity contribution in [1.82, 2.24) is 0 Å². The third-order valence-corrected chi connectivity index (χ3v) is 45.3. The van der Waals surface area contributed by atoms with Gasteiger partial charge in [0.05, 0.1) is 6.61 Å². The highest BCUT2D eigenvalue weighted by Gasteiger charge is 2.81. The Hall–Kier alpha value is 1.21. The monoisotopic (exact) mass is 826 g/mol. The van der Waals surface area contributed by atoms with Gasteiger partial charge in [-0.05, 0) is 20.3 Å². The first-order chi connectivity index (χ1) is 20.5. The molecule has 0 aliphatic carbocycles. The second kappa shape index (κ2) is 12.5. The van der Waals surface area contributed by atoms with Crippen LogP contribution in [0.1, 0.15) is 68.7 Å². The minimum atomic E-state index is -3.87. The van der Waals surface area contributed by atoms with Crippen LogP contribution in [0.3, 0.4) is 0 Å². The molecule has 0 aromatic rings. The van der Waals surface area contributed by atoms with Crippen molar-refractivity contribution < 1.29 is 58.9 Å². The molecule has 0 amide bonds. The van der Waals surface area contributed by atoms with Gasteiger partial charge in [0, 0.05) is 48.4 Å². The van der Waals surface area contributed by atoms with Crippen molar-refractivity contribution in [2.24, 2.45) is 0 Å². The maximum absolute atomic E-state index is 12.5. The molecule has 23 heteroatoms. The molecular formula is C21H47BrO14Si8. The predicted octanol–water partition coefficient (Wildman–Crippen LogP) is 5.01. The van der Waals surface area contributed by atoms with E-state index >= 15 is 0 Å². The van der Waals surface area contributed by atoms with Gasteiger partial charge in [0.2, 0.25) is 0 Å². The van der Waals surface area contributed by atoms with E-state index < -0.39 is 74.8 Å². The maximum Gasteiger partial charge on any atom is 0.479 e. The Morgan fingerprint density at radius 2 is 0.727 bits per heavy atom. The summed E-state index contributed by atoms with van der Waals surface area (Å²) in [7, 11) is -29.7. The number of hydrogen-bond donors (Lipinski definition) is 0. The van der Waals surface area contributed by atoms with Gasteiger partial charge in [0.25, 0.3) is 0 Å². The minimum absolute atomic E-state index is 0.126. The molecule has 6 heterocycles. The number of rotatable bonds is 12. The van der Waals surface area contributed by atoms with Crippen LogP contribution >= 0.6 is 15.9 Å². The van der Waals surface area contributed by atoms with Crippen LogP contribution in [0.5, 0.6) is 0 Å². The summed E-state index contributed by atoms with van der Waals surface area (Å²) in [5, 5.41) is 0. The lowest BCUT2D eigenvalue weighted by Gasteiger charge is -2.63. The molecule has 0 aromatic heterocycles. The lowest BCUT2D eigenvalue weighted by molar-refractivity contribution is -0.145. The van der Waals surface area contributed by atoms with Crippen LogP contribution in [0.4, 0.5) is 0 Å². The summed E-state index contributed by atoms with van der Waals surface area (Å²) in [4.78, 5) is 12.5. The summed E-state index contributed by atoms with van der Waals surface area (Å²) in [5.41, 5.74) is 0. The average molecular weight is 828 g/mol. The van der Waals surface area contributed by atoms with Crippen LogP contribution in [0, 0.1) is 0 Å². The first-order valence-corrected chi connectivity index (χ1v) is 32.1. The molecule has 0 radical (unpaired) electrons. The molecule has 6 saturated heterocycles. The van der Waals surface area contributed by atoms with Gasteiger partial charge < -0.3 is 54.1 Å². The third-order valence-electron chi connectivity index (χ3n) is 8.11. The van der Waals surface area contributed by atoms with E-state index in [9.17, 15) is 4.79 Å². The van der Waals surface area contributed by atoms with Crippen molar-refractivity contribution in [2.75, 3.05) is 6.61 Å². The topological polar surface area (TPSA) is 137 Å². The van der Waals surface area contributed by atoms with E-state index in [0.717, 1.165) is 0 Å². The fraction of sp³-hybridized carbons (Fsp3) is 0.952. The van der Waals surface area contributed by atoms with Crippen molar-refractivity contribution in [2.45, 2.75) is 121 Å². The molecule has 0 unspecified atom stereocenters. The van der Waals surface area contributed by atoms with Gasteiger partial charge in [0.15, 0.2) is 0 Å². The number of carbonyl (C=O) groups excluding carboxylic acids is 1. The van der Waals surface area contributed by atoms with Crippen molar-refractivity contribution >= 4 is 92.3 Å². The summed E-state index contributed by atoms with van der Waals surface area (Å²) in [6.45, 7) is 17.3. The smallest absolute Gasteiger partial charge is 0.465 e. The molecule has 0 atom stereocenters. The highest BCUT2D eigenvalue weighted by Crippen LogP contribution is 2.53. The number of halogens is 1. The van der Waals surface area contributed by atoms with Gasteiger partial charge in [0.1, 0.15) is 4.32 Å². The maximum atomic E-state index is 12.5. The number of ether oxygens (including phenoxy) is 1. The highest BCUT2D eigenvalue weighted by atomic mass is 79.9. The highest BCUT2D eigenvalue weighted by molar-refractivity contribution is 9.10. The van der Waals surface area contributed by atoms with Gasteiger partial charge in [-0.15, -0.1) is 0 Å². The molecule has 6 rings (SSSR count). The Bertz CT molecular complexity index is 981. The van der Waals surface area contributed by atoms with Crippen molar-refractivity contribution in [3.05, 3.63) is 0 Å². The Kier molecular flexibility index (Phi) is 10.4. The van der Waals surface area contributed by atoms with Gasteiger partial charge in [-0.1, -0.05) is 64.4 Å². The standard InChI is InChI=1S/C21H47BrO14Si8/c1-10-37-25-38(11-2)28-41(14-5)30-39(12-3,26-37)32-43(16-7)33-40(13-4,27-37)31-42(15-6,29-38)35-44(34-41,36-43)19-17-18-24-20(23)21(8,9)22/h10-19H2,1-9H3. The summed E-state index contributed by atoms with van der Waals surface area (Å²) >= 11 is 3.37. The van der Waals surface area contributed by atoms with Gasteiger partial charge in [-0.2, -0.15) is 0 Å². The molecule has 0 N–H and O–H groups in total. The minimum Gasteiger partial charge on any atom is -0.465 e. The van der Waals surface area contributed by atoms with E-state index in [2.05, 4.69) is 15.9 Å². The number of alkyl halides is 1. The molecule has 6 aliphatic heterocycles. The van der Waals surface area contributed by atoms with Crippen molar-refractivity contribution in [1.29, 1.82) is 0 Å². The van der Waals surface area contributed by atoms with Crippen molar-refractivity contribution in [3.8, 4) is 0 Å². The Morgan fingerprint density at radius 1 is 0.500 bits per heavy atom. The molecule has 0 aromatic carbocycles. The Labute approximate surface area is 278 Å². The number of esters is 1. The number of carbonyl (C=O) groups is 1. The van der Waals surface area contributed by atoms with Crippen LogP contribution < -0.4 is 0 Å². The van der Waals surface area contributed by atoms with Crippen LogP contribution in [0.15, 0.2) is 0 Å². The molecule has 254 valence electrons. The second-order valence-electron chi connectivity index (χ2n) is 11.9. The molecule has 8 bridgehead atoms. The van der Waals surface area contributed by atoms with E-state index in [4.69, 9.17) is 54.1 Å². The fourth-order valence-electron chi connectivity index (χ4n) is 5.64. The summed E-state index contributed by atoms with van der Waals surface area (Å²) in [6, 6.07) is 3.04. The zero-order valence-electron chi connectivity index (χ0n) is 27.2. The van der Waals surface area contributed by atoms with Crippen LogP contribution in [0.2, 0.25) is 48.4 Å². The van der Waals surface area contributed by atoms with Crippen LogP contribution in [0.25, 0.3) is 0 Å². The molecule has 6 fully saturated rings. The van der Waals surface area contributed by atoms with Crippen LogP contribution in [-0.4, -0.2) is 87.3 Å².